The Morgan fingerprint density at radius 2 is 1.97 bits per heavy atom. The third-order valence-electron chi connectivity index (χ3n) is 7.48. The number of rotatable bonds is 4. The number of halogens is 2. The number of hydrogen-bond donors (Lipinski definition) is 3. The van der Waals surface area contributed by atoms with Crippen molar-refractivity contribution in [3.05, 3.63) is 41.4 Å². The molecule has 0 aliphatic heterocycles. The Balaban J connectivity index is 1.49. The first-order valence-electron chi connectivity index (χ1n) is 11.2. The van der Waals surface area contributed by atoms with Gasteiger partial charge in [0.05, 0.1) is 16.8 Å². The van der Waals surface area contributed by atoms with Gasteiger partial charge >= 0.3 is 5.97 Å². The summed E-state index contributed by atoms with van der Waals surface area (Å²) in [6, 6.07) is 4.71. The van der Waals surface area contributed by atoms with Gasteiger partial charge in [-0.3, -0.25) is 4.79 Å². The SMILES string of the molecule is Cn1ccc2c(NC3C4CCC(CC4)C3C(=O)O)nc(-c3c[nH]c4c(F)cc(Cl)cc34)nc21. The maximum Gasteiger partial charge on any atom is 0.308 e. The van der Waals surface area contributed by atoms with Crippen LogP contribution in [0.4, 0.5) is 10.2 Å². The van der Waals surface area contributed by atoms with Crippen LogP contribution in [0.1, 0.15) is 25.7 Å². The van der Waals surface area contributed by atoms with Crippen molar-refractivity contribution in [2.24, 2.45) is 24.8 Å². The Hall–Kier alpha value is -3.13. The Morgan fingerprint density at radius 3 is 2.73 bits per heavy atom. The molecule has 0 radical (unpaired) electrons. The molecule has 9 heteroatoms. The molecule has 4 aromatic rings. The number of carboxylic acid groups (broad SMARTS) is 1. The lowest BCUT2D eigenvalue weighted by Gasteiger charge is -2.47. The molecule has 2 unspecified atom stereocenters. The fraction of sp³-hybridized carbons (Fsp3) is 0.375. The third-order valence-corrected chi connectivity index (χ3v) is 7.70. The average Bonchev–Trinajstić information content (AvgIpc) is 3.38. The number of aryl methyl sites for hydroxylation is 1. The maximum absolute atomic E-state index is 14.4. The fourth-order valence-corrected chi connectivity index (χ4v) is 6.08. The van der Waals surface area contributed by atoms with Crippen molar-refractivity contribution in [1.29, 1.82) is 0 Å². The van der Waals surface area contributed by atoms with Crippen molar-refractivity contribution in [2.75, 3.05) is 5.32 Å². The number of carbonyl (C=O) groups is 1. The van der Waals surface area contributed by atoms with Crippen molar-refractivity contribution < 1.29 is 14.3 Å². The summed E-state index contributed by atoms with van der Waals surface area (Å²) in [5.74, 6) is -0.100. The Morgan fingerprint density at radius 1 is 1.21 bits per heavy atom. The normalized spacial score (nSPS) is 24.6. The summed E-state index contributed by atoms with van der Waals surface area (Å²) in [5, 5.41) is 15.2. The quantitative estimate of drug-likeness (QED) is 0.383. The maximum atomic E-state index is 14.4. The van der Waals surface area contributed by atoms with E-state index in [9.17, 15) is 14.3 Å². The van der Waals surface area contributed by atoms with E-state index in [0.29, 0.717) is 44.7 Å². The van der Waals surface area contributed by atoms with Crippen molar-refractivity contribution in [1.82, 2.24) is 19.5 Å². The number of aromatic nitrogens is 4. The number of aromatic amines is 1. The van der Waals surface area contributed by atoms with Gasteiger partial charge in [0.15, 0.2) is 5.82 Å². The van der Waals surface area contributed by atoms with Crippen LogP contribution in [0.5, 0.6) is 0 Å². The largest absolute Gasteiger partial charge is 0.481 e. The van der Waals surface area contributed by atoms with Crippen LogP contribution in [0, 0.1) is 23.6 Å². The van der Waals surface area contributed by atoms with E-state index >= 15 is 0 Å². The van der Waals surface area contributed by atoms with Crippen LogP contribution in [0.25, 0.3) is 33.3 Å². The molecule has 0 saturated heterocycles. The minimum atomic E-state index is -0.748. The first-order valence-corrected chi connectivity index (χ1v) is 11.6. The van der Waals surface area contributed by atoms with Crippen LogP contribution in [-0.2, 0) is 11.8 Å². The van der Waals surface area contributed by atoms with Gasteiger partial charge in [-0.1, -0.05) is 11.6 Å². The molecular weight excluding hydrogens is 445 g/mol. The van der Waals surface area contributed by atoms with E-state index in [1.165, 1.54) is 6.07 Å². The van der Waals surface area contributed by atoms with Crippen molar-refractivity contribution >= 4 is 45.3 Å². The molecule has 1 aromatic carbocycles. The summed E-state index contributed by atoms with van der Waals surface area (Å²) >= 11 is 6.12. The number of hydrogen-bond acceptors (Lipinski definition) is 4. The summed E-state index contributed by atoms with van der Waals surface area (Å²) < 4.78 is 16.3. The smallest absolute Gasteiger partial charge is 0.308 e. The van der Waals surface area contributed by atoms with Crippen LogP contribution >= 0.6 is 11.6 Å². The van der Waals surface area contributed by atoms with Gasteiger partial charge in [-0.15, -0.1) is 0 Å². The topological polar surface area (TPSA) is 95.8 Å². The Bertz CT molecular complexity index is 1410. The highest BCUT2D eigenvalue weighted by Crippen LogP contribution is 2.46. The molecule has 3 aliphatic carbocycles. The van der Waals surface area contributed by atoms with Crippen molar-refractivity contribution in [3.63, 3.8) is 0 Å². The zero-order valence-corrected chi connectivity index (χ0v) is 18.7. The van der Waals surface area contributed by atoms with Gasteiger partial charge in [0, 0.05) is 41.5 Å². The zero-order chi connectivity index (χ0) is 22.9. The number of fused-ring (bicyclic) bond motifs is 5. The summed E-state index contributed by atoms with van der Waals surface area (Å²) in [6.07, 6.45) is 7.58. The number of aliphatic carboxylic acids is 1. The number of nitrogens with one attached hydrogen (secondary N) is 2. The molecule has 0 amide bonds. The number of H-pyrrole nitrogens is 1. The summed E-state index contributed by atoms with van der Waals surface area (Å²) in [7, 11) is 1.90. The number of benzene rings is 1. The van der Waals surface area contributed by atoms with Gasteiger partial charge in [0.25, 0.3) is 0 Å². The predicted octanol–water partition coefficient (Wildman–Crippen LogP) is 5.21. The Labute approximate surface area is 194 Å². The van der Waals surface area contributed by atoms with E-state index in [0.717, 1.165) is 31.1 Å². The lowest BCUT2D eigenvalue weighted by molar-refractivity contribution is -0.148. The molecule has 3 aliphatic rings. The number of carboxylic acids is 1. The average molecular weight is 468 g/mol. The second-order valence-electron chi connectivity index (χ2n) is 9.28. The monoisotopic (exact) mass is 467 g/mol. The lowest BCUT2D eigenvalue weighted by Crippen LogP contribution is -2.51. The third kappa shape index (κ3) is 3.19. The molecule has 7 rings (SSSR count). The van der Waals surface area contributed by atoms with Gasteiger partial charge in [-0.05, 0) is 55.7 Å². The molecule has 2 atom stereocenters. The zero-order valence-electron chi connectivity index (χ0n) is 18.0. The highest BCUT2D eigenvalue weighted by molar-refractivity contribution is 6.31. The molecule has 7 nitrogen and oxygen atoms in total. The molecular formula is C24H23ClFN5O2. The van der Waals surface area contributed by atoms with E-state index in [-0.39, 0.29) is 12.0 Å². The second-order valence-corrected chi connectivity index (χ2v) is 9.72. The van der Waals surface area contributed by atoms with E-state index in [1.54, 1.807) is 12.3 Å². The molecule has 33 heavy (non-hydrogen) atoms. The van der Waals surface area contributed by atoms with E-state index in [4.69, 9.17) is 21.6 Å². The predicted molar refractivity (Wildman–Crippen MR) is 125 cm³/mol. The van der Waals surface area contributed by atoms with Gasteiger partial charge < -0.3 is 20.0 Å². The summed E-state index contributed by atoms with van der Waals surface area (Å²) in [5.41, 5.74) is 1.69. The standard InChI is InChI=1S/C24H23ClFN5O2/c1-31-7-6-14-21(28-19-12-4-2-11(3-5-12)18(19)24(32)33)29-22(30-23(14)31)16-10-27-20-15(16)8-13(25)9-17(20)26/h6-12,18-19,27H,2-5H2,1H3,(H,32,33)(H,28,29,30). The van der Waals surface area contributed by atoms with Crippen LogP contribution in [-0.4, -0.2) is 36.6 Å². The fourth-order valence-electron chi connectivity index (χ4n) is 5.88. The van der Waals surface area contributed by atoms with Gasteiger partial charge in [-0.2, -0.15) is 0 Å². The van der Waals surface area contributed by atoms with Crippen molar-refractivity contribution in [3.8, 4) is 11.4 Å². The molecule has 3 N–H and O–H groups in total. The van der Waals surface area contributed by atoms with Crippen LogP contribution in [0.2, 0.25) is 5.02 Å². The lowest BCUT2D eigenvalue weighted by atomic mass is 9.61. The number of nitrogens with zero attached hydrogens (tertiary/aromatic N) is 3. The molecule has 3 heterocycles. The van der Waals surface area contributed by atoms with Gasteiger partial charge in [0.1, 0.15) is 17.3 Å². The summed E-state index contributed by atoms with van der Waals surface area (Å²) in [6.45, 7) is 0. The van der Waals surface area contributed by atoms with Gasteiger partial charge in [0.2, 0.25) is 0 Å². The Kier molecular flexibility index (Phi) is 4.62. The molecule has 3 aromatic heterocycles. The molecule has 3 saturated carbocycles. The van der Waals surface area contributed by atoms with Crippen LogP contribution < -0.4 is 5.32 Å². The molecule has 3 fully saturated rings. The first-order chi connectivity index (χ1) is 15.9. The number of anilines is 1. The minimum Gasteiger partial charge on any atom is -0.481 e. The van der Waals surface area contributed by atoms with Crippen LogP contribution in [0.3, 0.4) is 0 Å². The summed E-state index contributed by atoms with van der Waals surface area (Å²) in [4.78, 5) is 24.7. The minimum absolute atomic E-state index is 0.184. The van der Waals surface area contributed by atoms with Crippen molar-refractivity contribution in [2.45, 2.75) is 31.7 Å². The van der Waals surface area contributed by atoms with E-state index in [2.05, 4.69) is 10.3 Å². The van der Waals surface area contributed by atoms with E-state index < -0.39 is 17.7 Å². The van der Waals surface area contributed by atoms with Gasteiger partial charge in [-0.25, -0.2) is 14.4 Å². The highest BCUT2D eigenvalue weighted by atomic mass is 35.5. The highest BCUT2D eigenvalue weighted by Gasteiger charge is 2.47. The van der Waals surface area contributed by atoms with E-state index in [1.807, 2.05) is 23.9 Å². The molecule has 2 bridgehead atoms. The molecule has 170 valence electrons. The second kappa shape index (κ2) is 7.45. The first kappa shape index (κ1) is 20.5. The molecule has 0 spiro atoms. The van der Waals surface area contributed by atoms with Crippen LogP contribution in [0.15, 0.2) is 30.6 Å².